The molecule has 0 aliphatic heterocycles. The van der Waals surface area contributed by atoms with Gasteiger partial charge in [0.25, 0.3) is 0 Å². The van der Waals surface area contributed by atoms with Crippen molar-refractivity contribution in [3.63, 3.8) is 0 Å². The number of hydrogen-bond acceptors (Lipinski definition) is 6. The van der Waals surface area contributed by atoms with Crippen LogP contribution in [-0.4, -0.2) is 37.2 Å². The number of carbonyl (C=O) groups excluding carboxylic acids is 3. The van der Waals surface area contributed by atoms with Crippen LogP contribution in [0.25, 0.3) is 0 Å². The summed E-state index contributed by atoms with van der Waals surface area (Å²) in [5.74, 6) is -0.951. The average molecular weight is 1020 g/mol. The summed E-state index contributed by atoms with van der Waals surface area (Å²) >= 11 is 0. The molecule has 0 radical (unpaired) electrons. The number of unbranched alkanes of at least 4 members (excludes halogenated alkanes) is 31. The van der Waals surface area contributed by atoms with Crippen LogP contribution in [0.4, 0.5) is 0 Å². The molecule has 73 heavy (non-hydrogen) atoms. The molecule has 0 aromatic heterocycles. The lowest BCUT2D eigenvalue weighted by molar-refractivity contribution is -0.167. The minimum Gasteiger partial charge on any atom is -0.462 e. The van der Waals surface area contributed by atoms with Crippen LogP contribution in [0.3, 0.4) is 0 Å². The monoisotopic (exact) mass is 1020 g/mol. The second-order valence-corrected chi connectivity index (χ2v) is 20.6. The van der Waals surface area contributed by atoms with Crippen molar-refractivity contribution in [3.05, 3.63) is 85.1 Å². The highest BCUT2D eigenvalue weighted by Crippen LogP contribution is 2.16. The van der Waals surface area contributed by atoms with Crippen LogP contribution >= 0.6 is 0 Å². The molecule has 6 nitrogen and oxygen atoms in total. The van der Waals surface area contributed by atoms with Gasteiger partial charge in [-0.2, -0.15) is 0 Å². The molecule has 0 fully saturated rings. The van der Waals surface area contributed by atoms with Gasteiger partial charge in [-0.05, 0) is 109 Å². The molecule has 6 heteroatoms. The van der Waals surface area contributed by atoms with Crippen molar-refractivity contribution in [1.29, 1.82) is 0 Å². The Bertz CT molecular complexity index is 1400. The van der Waals surface area contributed by atoms with E-state index in [9.17, 15) is 14.4 Å². The molecule has 0 aromatic carbocycles. The molecule has 0 saturated carbocycles. The van der Waals surface area contributed by atoms with Gasteiger partial charge in [0, 0.05) is 19.3 Å². The Labute approximate surface area is 452 Å². The fourth-order valence-corrected chi connectivity index (χ4v) is 8.70. The van der Waals surface area contributed by atoms with Gasteiger partial charge in [-0.3, -0.25) is 14.4 Å². The maximum absolute atomic E-state index is 12.9. The van der Waals surface area contributed by atoms with Crippen molar-refractivity contribution < 1.29 is 28.6 Å². The minimum absolute atomic E-state index is 0.0952. The lowest BCUT2D eigenvalue weighted by Gasteiger charge is -2.18. The summed E-state index contributed by atoms with van der Waals surface area (Å²) in [6.45, 7) is 6.49. The first-order valence-electron chi connectivity index (χ1n) is 31.1. The fraction of sp³-hybridized carbons (Fsp3) is 0.746. The molecule has 0 aliphatic carbocycles. The van der Waals surface area contributed by atoms with Crippen molar-refractivity contribution in [2.45, 2.75) is 309 Å². The molecule has 0 aromatic rings. The molecule has 0 aliphatic rings. The highest BCUT2D eigenvalue weighted by Gasteiger charge is 2.19. The summed E-state index contributed by atoms with van der Waals surface area (Å²) in [6.07, 6.45) is 80.2. The maximum Gasteiger partial charge on any atom is 0.306 e. The quantitative estimate of drug-likeness (QED) is 0.0261. The van der Waals surface area contributed by atoms with E-state index < -0.39 is 6.10 Å². The van der Waals surface area contributed by atoms with Crippen LogP contribution in [0.5, 0.6) is 0 Å². The van der Waals surface area contributed by atoms with Crippen molar-refractivity contribution in [2.75, 3.05) is 13.2 Å². The van der Waals surface area contributed by atoms with Gasteiger partial charge in [-0.15, -0.1) is 0 Å². The summed E-state index contributed by atoms with van der Waals surface area (Å²) in [5, 5.41) is 0. The molecular weight excluding hydrogens is 901 g/mol. The molecule has 0 N–H and O–H groups in total. The van der Waals surface area contributed by atoms with E-state index >= 15 is 0 Å². The molecule has 0 amide bonds. The first-order valence-corrected chi connectivity index (χ1v) is 31.1. The molecule has 0 unspecified atom stereocenters. The molecule has 1 atom stereocenters. The topological polar surface area (TPSA) is 78.9 Å². The Balaban J connectivity index is 4.43. The Hall–Kier alpha value is -3.41. The van der Waals surface area contributed by atoms with Crippen molar-refractivity contribution in [3.8, 4) is 0 Å². The molecule has 0 saturated heterocycles. The smallest absolute Gasteiger partial charge is 0.306 e. The van der Waals surface area contributed by atoms with Crippen LogP contribution in [-0.2, 0) is 28.6 Å². The zero-order chi connectivity index (χ0) is 52.9. The van der Waals surface area contributed by atoms with Crippen LogP contribution < -0.4 is 0 Å². The molecule has 0 bridgehead atoms. The normalized spacial score (nSPS) is 12.6. The molecule has 0 spiro atoms. The third-order valence-corrected chi connectivity index (χ3v) is 13.4. The zero-order valence-corrected chi connectivity index (χ0v) is 48.1. The largest absolute Gasteiger partial charge is 0.462 e. The summed E-state index contributed by atoms with van der Waals surface area (Å²) in [5.41, 5.74) is 0. The van der Waals surface area contributed by atoms with Crippen molar-refractivity contribution in [1.82, 2.24) is 0 Å². The third-order valence-electron chi connectivity index (χ3n) is 13.4. The standard InChI is InChI=1S/C67H116O6/c1-4-7-10-13-16-19-22-25-28-31-32-33-34-37-39-42-45-48-51-54-57-60-66(69)72-63-64(73-67(70)61-58-55-52-49-46-43-40-36-30-27-24-21-18-15-12-9-6-3)62-71-65(68)59-56-53-50-47-44-41-38-35-29-26-23-20-17-14-11-8-5-2/h8,11,17,20,25-30,38,41,47,50,64H,4-7,9-10,12-16,18-19,21-24,31-37,39-40,42-46,48-49,51-63H2,1-3H3/b11-8-,20-17-,28-25-,29-26-,30-27-,41-38-,50-47-/t64-/m1/s1. The summed E-state index contributed by atoms with van der Waals surface area (Å²) in [6, 6.07) is 0. The predicted octanol–water partition coefficient (Wildman–Crippen LogP) is 21.1. The van der Waals surface area contributed by atoms with Crippen LogP contribution in [0.1, 0.15) is 303 Å². The third kappa shape index (κ3) is 59.3. The summed E-state index contributed by atoms with van der Waals surface area (Å²) in [4.78, 5) is 38.3. The van der Waals surface area contributed by atoms with E-state index in [0.717, 1.165) is 77.0 Å². The van der Waals surface area contributed by atoms with Gasteiger partial charge in [0.1, 0.15) is 13.2 Å². The number of ether oxygens (including phenoxy) is 3. The second kappa shape index (κ2) is 61.1. The van der Waals surface area contributed by atoms with Crippen LogP contribution in [0.2, 0.25) is 0 Å². The van der Waals surface area contributed by atoms with E-state index in [-0.39, 0.29) is 37.5 Å². The van der Waals surface area contributed by atoms with E-state index in [2.05, 4.69) is 106 Å². The first kappa shape index (κ1) is 69.6. The Morgan fingerprint density at radius 1 is 0.288 bits per heavy atom. The van der Waals surface area contributed by atoms with Crippen LogP contribution in [0.15, 0.2) is 85.1 Å². The van der Waals surface area contributed by atoms with Crippen LogP contribution in [0, 0.1) is 0 Å². The molecule has 420 valence electrons. The summed E-state index contributed by atoms with van der Waals surface area (Å²) < 4.78 is 16.9. The second-order valence-electron chi connectivity index (χ2n) is 20.6. The summed E-state index contributed by atoms with van der Waals surface area (Å²) in [7, 11) is 0. The SMILES string of the molecule is CC/C=C\C/C=C\C/C=C\C/C=C\C/C=C\CCCC(=O)OC[C@H](COC(=O)CCCCCCCCCCCCC/C=C\CCCCCCCC)OC(=O)CCCCCCCCC/C=C\CCCCCCCC. The average Bonchev–Trinajstić information content (AvgIpc) is 3.39. The highest BCUT2D eigenvalue weighted by atomic mass is 16.6. The van der Waals surface area contributed by atoms with Gasteiger partial charge in [0.2, 0.25) is 0 Å². The number of allylic oxidation sites excluding steroid dienone is 14. The minimum atomic E-state index is -0.803. The van der Waals surface area contributed by atoms with Gasteiger partial charge in [0.15, 0.2) is 6.10 Å². The Kier molecular flexibility index (Phi) is 58.3. The van der Waals surface area contributed by atoms with E-state index in [1.54, 1.807) is 0 Å². The van der Waals surface area contributed by atoms with E-state index in [1.165, 1.54) is 180 Å². The Morgan fingerprint density at radius 3 is 0.904 bits per heavy atom. The number of hydrogen-bond donors (Lipinski definition) is 0. The maximum atomic E-state index is 12.9. The molecule has 0 heterocycles. The van der Waals surface area contributed by atoms with E-state index in [1.807, 2.05) is 0 Å². The number of rotatable bonds is 56. The Morgan fingerprint density at radius 2 is 0.548 bits per heavy atom. The molecule has 0 rings (SSSR count). The van der Waals surface area contributed by atoms with E-state index in [0.29, 0.717) is 19.3 Å². The first-order chi connectivity index (χ1) is 36.0. The highest BCUT2D eigenvalue weighted by molar-refractivity contribution is 5.71. The lowest BCUT2D eigenvalue weighted by atomic mass is 10.0. The van der Waals surface area contributed by atoms with Crippen molar-refractivity contribution >= 4 is 17.9 Å². The van der Waals surface area contributed by atoms with Gasteiger partial charge in [-0.1, -0.05) is 260 Å². The number of esters is 3. The van der Waals surface area contributed by atoms with Gasteiger partial charge >= 0.3 is 17.9 Å². The fourth-order valence-electron chi connectivity index (χ4n) is 8.70. The van der Waals surface area contributed by atoms with E-state index in [4.69, 9.17) is 14.2 Å². The number of carbonyl (C=O) groups is 3. The van der Waals surface area contributed by atoms with Gasteiger partial charge < -0.3 is 14.2 Å². The zero-order valence-electron chi connectivity index (χ0n) is 48.1. The lowest BCUT2D eigenvalue weighted by Crippen LogP contribution is -2.30. The molecular formula is C67H116O6. The predicted molar refractivity (Wildman–Crippen MR) is 316 cm³/mol. The van der Waals surface area contributed by atoms with Crippen molar-refractivity contribution in [2.24, 2.45) is 0 Å². The van der Waals surface area contributed by atoms with Gasteiger partial charge in [0.05, 0.1) is 0 Å². The van der Waals surface area contributed by atoms with Gasteiger partial charge in [-0.25, -0.2) is 0 Å².